The molecule has 0 aliphatic carbocycles. The first-order valence-electron chi connectivity index (χ1n) is 9.54. The average Bonchev–Trinajstić information content (AvgIpc) is 2.76. The van der Waals surface area contributed by atoms with Gasteiger partial charge in [0.1, 0.15) is 11.3 Å². The van der Waals surface area contributed by atoms with Gasteiger partial charge in [-0.3, -0.25) is 4.79 Å². The first kappa shape index (κ1) is 21.2. The number of carbonyl (C=O) groups is 1. The second-order valence-electron chi connectivity index (χ2n) is 6.82. The van der Waals surface area contributed by atoms with Crippen LogP contribution < -0.4 is 25.2 Å². The normalized spacial score (nSPS) is 10.7. The summed E-state index contributed by atoms with van der Waals surface area (Å²) in [5, 5.41) is 3.56. The third-order valence-corrected chi connectivity index (χ3v) is 5.02. The van der Waals surface area contributed by atoms with Gasteiger partial charge in [-0.25, -0.2) is 4.79 Å². The van der Waals surface area contributed by atoms with Gasteiger partial charge in [-0.2, -0.15) is 0 Å². The minimum absolute atomic E-state index is 0.0545. The van der Waals surface area contributed by atoms with Gasteiger partial charge in [0, 0.05) is 18.0 Å². The van der Waals surface area contributed by atoms with Crippen molar-refractivity contribution in [2.75, 3.05) is 27.9 Å². The lowest BCUT2D eigenvalue weighted by Gasteiger charge is -2.12. The molecular formula is C23H25NO6. The van der Waals surface area contributed by atoms with Crippen molar-refractivity contribution in [2.24, 2.45) is 0 Å². The van der Waals surface area contributed by atoms with Gasteiger partial charge < -0.3 is 23.9 Å². The maximum absolute atomic E-state index is 12.5. The number of fused-ring (bicyclic) bond motifs is 1. The highest BCUT2D eigenvalue weighted by atomic mass is 16.5. The van der Waals surface area contributed by atoms with Crippen molar-refractivity contribution in [2.45, 2.75) is 19.8 Å². The van der Waals surface area contributed by atoms with Crippen molar-refractivity contribution in [3.05, 3.63) is 63.5 Å². The Hall–Kier alpha value is -3.48. The number of hydrogen-bond donors (Lipinski definition) is 1. The summed E-state index contributed by atoms with van der Waals surface area (Å²) in [5.41, 5.74) is 1.96. The van der Waals surface area contributed by atoms with Gasteiger partial charge in [0.25, 0.3) is 0 Å². The van der Waals surface area contributed by atoms with Crippen LogP contribution in [0.1, 0.15) is 16.7 Å². The van der Waals surface area contributed by atoms with Crippen LogP contribution in [0.25, 0.3) is 11.0 Å². The van der Waals surface area contributed by atoms with Gasteiger partial charge in [-0.15, -0.1) is 0 Å². The Morgan fingerprint density at radius 2 is 1.67 bits per heavy atom. The van der Waals surface area contributed by atoms with E-state index in [0.29, 0.717) is 46.6 Å². The lowest BCUT2D eigenvalue weighted by Crippen LogP contribution is -2.29. The summed E-state index contributed by atoms with van der Waals surface area (Å²) >= 11 is 0. The first-order chi connectivity index (χ1) is 14.5. The molecule has 0 atom stereocenters. The van der Waals surface area contributed by atoms with Crippen LogP contribution in [0.4, 0.5) is 0 Å². The third-order valence-electron chi connectivity index (χ3n) is 5.02. The molecule has 0 unspecified atom stereocenters. The minimum atomic E-state index is -0.530. The highest BCUT2D eigenvalue weighted by Gasteiger charge is 2.17. The van der Waals surface area contributed by atoms with Crippen LogP contribution in [0.2, 0.25) is 0 Å². The Labute approximate surface area is 174 Å². The number of benzene rings is 2. The fourth-order valence-electron chi connectivity index (χ4n) is 3.28. The van der Waals surface area contributed by atoms with Gasteiger partial charge in [0.05, 0.1) is 33.3 Å². The summed E-state index contributed by atoms with van der Waals surface area (Å²) in [6, 6.07) is 11.0. The molecule has 1 aromatic heterocycles. The molecule has 7 heteroatoms. The molecule has 30 heavy (non-hydrogen) atoms. The molecule has 0 aliphatic heterocycles. The molecular weight excluding hydrogens is 386 g/mol. The standard InChI is InChI=1S/C23H25NO6/c1-14-17-11-20(28-3)21(29-4)13-19(17)30-23(26)18(14)12-22(25)24-10-9-15-5-7-16(27-2)8-6-15/h5-8,11,13H,9-10,12H2,1-4H3,(H,24,25). The predicted molar refractivity (Wildman–Crippen MR) is 114 cm³/mol. The molecule has 1 heterocycles. The highest BCUT2D eigenvalue weighted by Crippen LogP contribution is 2.33. The molecule has 0 bridgehead atoms. The summed E-state index contributed by atoms with van der Waals surface area (Å²) in [6.45, 7) is 2.26. The lowest BCUT2D eigenvalue weighted by atomic mass is 10.0. The van der Waals surface area contributed by atoms with Crippen molar-refractivity contribution >= 4 is 16.9 Å². The number of ether oxygens (including phenoxy) is 3. The molecule has 0 fully saturated rings. The third kappa shape index (κ3) is 4.56. The van der Waals surface area contributed by atoms with E-state index in [2.05, 4.69) is 5.32 Å². The Morgan fingerprint density at radius 1 is 1.00 bits per heavy atom. The molecule has 7 nitrogen and oxygen atoms in total. The van der Waals surface area contributed by atoms with E-state index in [0.717, 1.165) is 11.3 Å². The second kappa shape index (κ2) is 9.35. The number of carbonyl (C=O) groups excluding carboxylic acids is 1. The van der Waals surface area contributed by atoms with Crippen LogP contribution in [0.15, 0.2) is 45.6 Å². The summed E-state index contributed by atoms with van der Waals surface area (Å²) in [6.07, 6.45) is 0.624. The van der Waals surface area contributed by atoms with Gasteiger partial charge in [0.15, 0.2) is 11.5 Å². The van der Waals surface area contributed by atoms with E-state index >= 15 is 0 Å². The molecule has 0 spiro atoms. The van der Waals surface area contributed by atoms with E-state index in [1.807, 2.05) is 24.3 Å². The van der Waals surface area contributed by atoms with E-state index in [4.69, 9.17) is 18.6 Å². The maximum atomic E-state index is 12.5. The summed E-state index contributed by atoms with van der Waals surface area (Å²) in [5.74, 6) is 1.54. The van der Waals surface area contributed by atoms with Crippen molar-refractivity contribution in [3.8, 4) is 17.2 Å². The summed E-state index contributed by atoms with van der Waals surface area (Å²) < 4.78 is 21.1. The average molecular weight is 411 g/mol. The summed E-state index contributed by atoms with van der Waals surface area (Å²) in [7, 11) is 4.67. The molecule has 0 aliphatic rings. The van der Waals surface area contributed by atoms with Crippen LogP contribution in [-0.4, -0.2) is 33.8 Å². The predicted octanol–water partition coefficient (Wildman–Crippen LogP) is 3.03. The number of nitrogens with one attached hydrogen (secondary N) is 1. The molecule has 1 amide bonds. The van der Waals surface area contributed by atoms with E-state index in [1.165, 1.54) is 14.2 Å². The van der Waals surface area contributed by atoms with Crippen molar-refractivity contribution < 1.29 is 23.4 Å². The summed E-state index contributed by atoms with van der Waals surface area (Å²) in [4.78, 5) is 24.9. The zero-order chi connectivity index (χ0) is 21.7. The largest absolute Gasteiger partial charge is 0.497 e. The topological polar surface area (TPSA) is 87.0 Å². The molecule has 3 rings (SSSR count). The van der Waals surface area contributed by atoms with Crippen molar-refractivity contribution in [3.63, 3.8) is 0 Å². The van der Waals surface area contributed by atoms with Crippen LogP contribution in [-0.2, 0) is 17.6 Å². The van der Waals surface area contributed by atoms with E-state index in [1.54, 1.807) is 26.2 Å². The van der Waals surface area contributed by atoms with E-state index in [-0.39, 0.29) is 12.3 Å². The van der Waals surface area contributed by atoms with Gasteiger partial charge in [-0.05, 0) is 42.7 Å². The Bertz CT molecular complexity index is 1100. The van der Waals surface area contributed by atoms with Gasteiger partial charge in [-0.1, -0.05) is 12.1 Å². The Morgan fingerprint density at radius 3 is 2.30 bits per heavy atom. The van der Waals surface area contributed by atoms with Gasteiger partial charge >= 0.3 is 5.63 Å². The first-order valence-corrected chi connectivity index (χ1v) is 9.54. The molecule has 1 N–H and O–H groups in total. The molecule has 2 aromatic carbocycles. The fourth-order valence-corrected chi connectivity index (χ4v) is 3.28. The highest BCUT2D eigenvalue weighted by molar-refractivity contribution is 5.86. The molecule has 0 saturated carbocycles. The number of methoxy groups -OCH3 is 3. The maximum Gasteiger partial charge on any atom is 0.340 e. The number of amides is 1. The smallest absolute Gasteiger partial charge is 0.340 e. The number of rotatable bonds is 8. The van der Waals surface area contributed by atoms with Crippen molar-refractivity contribution in [1.82, 2.24) is 5.32 Å². The zero-order valence-electron chi connectivity index (χ0n) is 17.5. The Balaban J connectivity index is 1.72. The van der Waals surface area contributed by atoms with Crippen LogP contribution in [0.3, 0.4) is 0 Å². The van der Waals surface area contributed by atoms with E-state index in [9.17, 15) is 9.59 Å². The van der Waals surface area contributed by atoms with Crippen molar-refractivity contribution in [1.29, 1.82) is 0 Å². The Kier molecular flexibility index (Phi) is 6.61. The van der Waals surface area contributed by atoms with Crippen LogP contribution in [0, 0.1) is 6.92 Å². The van der Waals surface area contributed by atoms with E-state index < -0.39 is 5.63 Å². The molecule has 0 radical (unpaired) electrons. The number of aryl methyl sites for hydroxylation is 1. The number of hydrogen-bond acceptors (Lipinski definition) is 6. The molecule has 3 aromatic rings. The fraction of sp³-hybridized carbons (Fsp3) is 0.304. The monoisotopic (exact) mass is 411 g/mol. The van der Waals surface area contributed by atoms with Crippen LogP contribution >= 0.6 is 0 Å². The lowest BCUT2D eigenvalue weighted by molar-refractivity contribution is -0.120. The quantitative estimate of drug-likeness (QED) is 0.574. The SMILES string of the molecule is COc1ccc(CCNC(=O)Cc2c(C)c3cc(OC)c(OC)cc3oc2=O)cc1. The minimum Gasteiger partial charge on any atom is -0.497 e. The van der Waals surface area contributed by atoms with Gasteiger partial charge in [0.2, 0.25) is 5.91 Å². The second-order valence-corrected chi connectivity index (χ2v) is 6.82. The molecule has 158 valence electrons. The van der Waals surface area contributed by atoms with Crippen LogP contribution in [0.5, 0.6) is 17.2 Å². The molecule has 0 saturated heterocycles. The zero-order valence-corrected chi connectivity index (χ0v) is 17.5.